The highest BCUT2D eigenvalue weighted by Gasteiger charge is 2.06. The van der Waals surface area contributed by atoms with Crippen LogP contribution in [0.4, 0.5) is 5.95 Å². The molecule has 72 valence electrons. The predicted molar refractivity (Wildman–Crippen MR) is 54.4 cm³/mol. The lowest BCUT2D eigenvalue weighted by Crippen LogP contribution is -2.07. The summed E-state index contributed by atoms with van der Waals surface area (Å²) < 4.78 is 0. The summed E-state index contributed by atoms with van der Waals surface area (Å²) in [7, 11) is 0. The smallest absolute Gasteiger partial charge is 0.215 e. The van der Waals surface area contributed by atoms with Gasteiger partial charge >= 0.3 is 0 Å². The number of hydrogen-bond acceptors (Lipinski definition) is 4. The van der Waals surface area contributed by atoms with Crippen LogP contribution in [0.1, 0.15) is 5.69 Å². The fourth-order valence-corrected chi connectivity index (χ4v) is 1.32. The van der Waals surface area contributed by atoms with Gasteiger partial charge in [-0.1, -0.05) is 0 Å². The van der Waals surface area contributed by atoms with Crippen molar-refractivity contribution in [3.63, 3.8) is 0 Å². The molecule has 0 amide bonds. The van der Waals surface area contributed by atoms with Gasteiger partial charge in [0.05, 0.1) is 5.69 Å². The topological polar surface area (TPSA) is 79.6 Å². The molecule has 0 bridgehead atoms. The van der Waals surface area contributed by atoms with E-state index in [-0.39, 0.29) is 0 Å². The summed E-state index contributed by atoms with van der Waals surface area (Å²) in [5.74, 6) is 5.82. The number of pyridine rings is 1. The van der Waals surface area contributed by atoms with Crippen LogP contribution >= 0.6 is 0 Å². The second-order valence-electron chi connectivity index (χ2n) is 2.94. The molecule has 0 fully saturated rings. The minimum absolute atomic E-state index is 0.564. The Kier molecular flexibility index (Phi) is 2.16. The molecule has 0 atom stereocenters. The minimum atomic E-state index is 0.564. The van der Waals surface area contributed by atoms with E-state index < -0.39 is 0 Å². The summed E-state index contributed by atoms with van der Waals surface area (Å²) in [5, 5.41) is 0. The van der Waals surface area contributed by atoms with E-state index in [1.54, 1.807) is 12.4 Å². The third-order valence-corrected chi connectivity index (χ3v) is 1.98. The highest BCUT2D eigenvalue weighted by atomic mass is 15.3. The highest BCUT2D eigenvalue weighted by Crippen LogP contribution is 2.21. The Hall–Kier alpha value is -1.88. The number of hydrazine groups is 1. The van der Waals surface area contributed by atoms with Crippen LogP contribution in [0.25, 0.3) is 11.3 Å². The Morgan fingerprint density at radius 2 is 2.07 bits per heavy atom. The molecular formula is C9H11N5. The number of aryl methyl sites for hydroxylation is 1. The van der Waals surface area contributed by atoms with Crippen molar-refractivity contribution < 1.29 is 0 Å². The van der Waals surface area contributed by atoms with E-state index in [0.29, 0.717) is 5.95 Å². The van der Waals surface area contributed by atoms with E-state index >= 15 is 0 Å². The van der Waals surface area contributed by atoms with Crippen LogP contribution in [0.15, 0.2) is 24.5 Å². The van der Waals surface area contributed by atoms with Crippen LogP contribution < -0.4 is 11.3 Å². The van der Waals surface area contributed by atoms with Crippen molar-refractivity contribution in [3.05, 3.63) is 30.2 Å². The number of nitrogen functional groups attached to an aromatic ring is 1. The molecule has 2 heterocycles. The number of anilines is 1. The third kappa shape index (κ3) is 1.45. The van der Waals surface area contributed by atoms with Crippen molar-refractivity contribution in [2.75, 3.05) is 5.43 Å². The average Bonchev–Trinajstić information content (AvgIpc) is 2.61. The first-order valence-electron chi connectivity index (χ1n) is 4.25. The highest BCUT2D eigenvalue weighted by molar-refractivity contribution is 5.63. The van der Waals surface area contributed by atoms with E-state index in [1.165, 1.54) is 0 Å². The minimum Gasteiger partial charge on any atom is -0.327 e. The summed E-state index contributed by atoms with van der Waals surface area (Å²) in [4.78, 5) is 11.3. The predicted octanol–water partition coefficient (Wildman–Crippen LogP) is 1.07. The largest absolute Gasteiger partial charge is 0.327 e. The molecule has 5 heteroatoms. The number of H-pyrrole nitrogens is 1. The van der Waals surface area contributed by atoms with Gasteiger partial charge in [-0.05, 0) is 19.1 Å². The number of hydrogen-bond donors (Lipinski definition) is 3. The summed E-state index contributed by atoms with van der Waals surface area (Å²) in [6, 6.07) is 3.81. The molecule has 0 aliphatic heterocycles. The summed E-state index contributed by atoms with van der Waals surface area (Å²) in [6.45, 7) is 1.95. The van der Waals surface area contributed by atoms with E-state index in [9.17, 15) is 0 Å². The monoisotopic (exact) mass is 189 g/mol. The van der Waals surface area contributed by atoms with Gasteiger partial charge in [0.2, 0.25) is 5.95 Å². The van der Waals surface area contributed by atoms with Crippen LogP contribution in [0.3, 0.4) is 0 Å². The van der Waals surface area contributed by atoms with Gasteiger partial charge in [-0.25, -0.2) is 10.8 Å². The molecule has 4 N–H and O–H groups in total. The van der Waals surface area contributed by atoms with Crippen LogP contribution in [-0.2, 0) is 0 Å². The van der Waals surface area contributed by atoms with E-state index in [2.05, 4.69) is 20.4 Å². The second-order valence-corrected chi connectivity index (χ2v) is 2.94. The van der Waals surface area contributed by atoms with Gasteiger partial charge in [0, 0.05) is 23.7 Å². The van der Waals surface area contributed by atoms with Crippen molar-refractivity contribution in [2.24, 2.45) is 5.84 Å². The zero-order valence-electron chi connectivity index (χ0n) is 7.78. The van der Waals surface area contributed by atoms with Gasteiger partial charge in [0.1, 0.15) is 0 Å². The molecule has 0 saturated carbocycles. The first-order chi connectivity index (χ1) is 6.81. The lowest BCUT2D eigenvalue weighted by Gasteiger charge is -1.95. The molecule has 0 aromatic carbocycles. The van der Waals surface area contributed by atoms with Gasteiger partial charge in [0.25, 0.3) is 0 Å². The maximum Gasteiger partial charge on any atom is 0.215 e. The lowest BCUT2D eigenvalue weighted by atomic mass is 10.2. The van der Waals surface area contributed by atoms with E-state index in [0.717, 1.165) is 17.0 Å². The Morgan fingerprint density at radius 1 is 1.36 bits per heavy atom. The SMILES string of the molecule is Cc1[nH]c(NN)nc1-c1ccncc1. The third-order valence-electron chi connectivity index (χ3n) is 1.98. The van der Waals surface area contributed by atoms with Crippen LogP contribution in [0.5, 0.6) is 0 Å². The van der Waals surface area contributed by atoms with Crippen molar-refractivity contribution in [1.29, 1.82) is 0 Å². The molecule has 2 aromatic heterocycles. The standard InChI is InChI=1S/C9H11N5/c1-6-8(13-9(12-6)14-10)7-2-4-11-5-3-7/h2-5H,10H2,1H3,(H2,12,13,14). The molecule has 2 aromatic rings. The van der Waals surface area contributed by atoms with Crippen molar-refractivity contribution in [1.82, 2.24) is 15.0 Å². The molecule has 0 unspecified atom stereocenters. The van der Waals surface area contributed by atoms with Crippen LogP contribution in [0.2, 0.25) is 0 Å². The normalized spacial score (nSPS) is 10.1. The number of nitrogens with two attached hydrogens (primary N) is 1. The molecule has 0 aliphatic carbocycles. The zero-order chi connectivity index (χ0) is 9.97. The Labute approximate surface area is 81.4 Å². The maximum atomic E-state index is 5.25. The van der Waals surface area contributed by atoms with Crippen LogP contribution in [-0.4, -0.2) is 15.0 Å². The second kappa shape index (κ2) is 3.47. The Morgan fingerprint density at radius 3 is 2.64 bits per heavy atom. The summed E-state index contributed by atoms with van der Waals surface area (Å²) >= 11 is 0. The molecule has 0 saturated heterocycles. The van der Waals surface area contributed by atoms with Crippen LogP contribution in [0, 0.1) is 6.92 Å². The number of nitrogens with zero attached hydrogens (tertiary/aromatic N) is 2. The van der Waals surface area contributed by atoms with Gasteiger partial charge in [-0.3, -0.25) is 10.4 Å². The van der Waals surface area contributed by atoms with E-state index in [4.69, 9.17) is 5.84 Å². The van der Waals surface area contributed by atoms with Gasteiger partial charge in [0.15, 0.2) is 0 Å². The van der Waals surface area contributed by atoms with Crippen molar-refractivity contribution >= 4 is 5.95 Å². The number of rotatable bonds is 2. The van der Waals surface area contributed by atoms with Gasteiger partial charge in [-0.15, -0.1) is 0 Å². The average molecular weight is 189 g/mol. The zero-order valence-corrected chi connectivity index (χ0v) is 7.78. The molecule has 0 spiro atoms. The maximum absolute atomic E-state index is 5.25. The quantitative estimate of drug-likeness (QED) is 0.487. The number of aromatic amines is 1. The number of nitrogens with one attached hydrogen (secondary N) is 2. The molecule has 14 heavy (non-hydrogen) atoms. The molecule has 2 rings (SSSR count). The molecule has 5 nitrogen and oxygen atoms in total. The van der Waals surface area contributed by atoms with Crippen molar-refractivity contribution in [2.45, 2.75) is 6.92 Å². The Balaban J connectivity index is 2.46. The molecule has 0 radical (unpaired) electrons. The first-order valence-corrected chi connectivity index (χ1v) is 4.25. The summed E-state index contributed by atoms with van der Waals surface area (Å²) in [5.41, 5.74) is 5.36. The molecule has 0 aliphatic rings. The fourth-order valence-electron chi connectivity index (χ4n) is 1.32. The van der Waals surface area contributed by atoms with E-state index in [1.807, 2.05) is 19.1 Å². The summed E-state index contributed by atoms with van der Waals surface area (Å²) in [6.07, 6.45) is 3.47. The van der Waals surface area contributed by atoms with Gasteiger partial charge in [-0.2, -0.15) is 0 Å². The Bertz CT molecular complexity index is 420. The lowest BCUT2D eigenvalue weighted by molar-refractivity contribution is 1.18. The number of aromatic nitrogens is 3. The first kappa shape index (κ1) is 8.71. The van der Waals surface area contributed by atoms with Gasteiger partial charge < -0.3 is 4.98 Å². The fraction of sp³-hybridized carbons (Fsp3) is 0.111. The number of imidazole rings is 1. The van der Waals surface area contributed by atoms with Crippen molar-refractivity contribution in [3.8, 4) is 11.3 Å². The molecular weight excluding hydrogens is 178 g/mol.